The van der Waals surface area contributed by atoms with Crippen molar-refractivity contribution in [2.45, 2.75) is 83.9 Å². The van der Waals surface area contributed by atoms with E-state index in [1.54, 1.807) is 22.7 Å². The van der Waals surface area contributed by atoms with Crippen molar-refractivity contribution >= 4 is 42.1 Å². The molecule has 2 fully saturated rings. The van der Waals surface area contributed by atoms with E-state index in [1.807, 2.05) is 16.0 Å². The summed E-state index contributed by atoms with van der Waals surface area (Å²) in [4.78, 5) is 50.3. The van der Waals surface area contributed by atoms with E-state index in [4.69, 9.17) is 47.1 Å². The summed E-state index contributed by atoms with van der Waals surface area (Å²) < 4.78 is 19.7. The zero-order chi connectivity index (χ0) is 45.7. The summed E-state index contributed by atoms with van der Waals surface area (Å²) in [6.07, 6.45) is 13.7. The molecule has 0 aliphatic carbocycles. The highest BCUT2D eigenvalue weighted by molar-refractivity contribution is 5.85. The number of hydrogen-bond acceptors (Lipinski definition) is 18. The number of anilines is 3. The molecule has 0 aromatic carbocycles. The second-order valence-corrected chi connectivity index (χ2v) is 16.2. The van der Waals surface area contributed by atoms with Crippen LogP contribution in [0.3, 0.4) is 0 Å². The van der Waals surface area contributed by atoms with E-state index in [9.17, 15) is 14.7 Å². The van der Waals surface area contributed by atoms with Crippen LogP contribution < -0.4 is 26.6 Å². The molecular formula is C42H71ClN16O6. The molecule has 6 N–H and O–H groups in total. The quantitative estimate of drug-likeness (QED) is 0.0565. The summed E-state index contributed by atoms with van der Waals surface area (Å²) in [7, 11) is 0. The van der Waals surface area contributed by atoms with E-state index < -0.39 is 18.2 Å². The number of rotatable bonds is 28. The maximum absolute atomic E-state index is 14.2. The molecule has 65 heavy (non-hydrogen) atoms. The number of unbranched alkanes of at least 4 members (excludes halogenated alkanes) is 2. The second kappa shape index (κ2) is 28.3. The fourth-order valence-electron chi connectivity index (χ4n) is 7.56. The molecule has 0 saturated carbocycles. The largest absolute Gasteiger partial charge is 0.391 e. The number of nitrogens with zero attached hydrogens (tertiary/aromatic N) is 13. The Balaban J connectivity index is 0.00000925. The summed E-state index contributed by atoms with van der Waals surface area (Å²) >= 11 is 0. The SMILES string of the molecule is C#CCOCCOCCOCCNc1nc(N2CCN(C(=O)[C@H]([C@@H](C)O)n3cc(CCCCN)nn3)CC2)nc(N2CCN(C(=O)[C@H]([C@@H](C)CC)n3cc(CCCCN)nn3)CC2)n1.Cl. The first kappa shape index (κ1) is 52.9. The maximum atomic E-state index is 14.2. The smallest absolute Gasteiger partial charge is 0.250 e. The monoisotopic (exact) mass is 931 g/mol. The van der Waals surface area contributed by atoms with Gasteiger partial charge in [0, 0.05) is 71.3 Å². The van der Waals surface area contributed by atoms with E-state index >= 15 is 0 Å². The summed E-state index contributed by atoms with van der Waals surface area (Å²) in [6.45, 7) is 13.4. The van der Waals surface area contributed by atoms with Gasteiger partial charge >= 0.3 is 0 Å². The molecule has 3 aromatic rings. The van der Waals surface area contributed by atoms with Crippen molar-refractivity contribution in [1.29, 1.82) is 0 Å². The van der Waals surface area contributed by atoms with Crippen LogP contribution in [0.15, 0.2) is 12.4 Å². The van der Waals surface area contributed by atoms with Crippen LogP contribution in [0.25, 0.3) is 0 Å². The number of halogens is 1. The Hall–Kier alpha value is -4.76. The van der Waals surface area contributed by atoms with Crippen LogP contribution in [0.1, 0.15) is 76.3 Å². The Labute approximate surface area is 388 Å². The van der Waals surface area contributed by atoms with Gasteiger partial charge in [0.25, 0.3) is 0 Å². The number of nitrogens with one attached hydrogen (secondary N) is 1. The Morgan fingerprint density at radius 2 is 1.22 bits per heavy atom. The van der Waals surface area contributed by atoms with Crippen molar-refractivity contribution in [3.63, 3.8) is 0 Å². The van der Waals surface area contributed by atoms with Gasteiger partial charge in [0.05, 0.1) is 50.5 Å². The van der Waals surface area contributed by atoms with Crippen molar-refractivity contribution in [3.05, 3.63) is 23.8 Å². The molecular weight excluding hydrogens is 860 g/mol. The van der Waals surface area contributed by atoms with Crippen LogP contribution in [0.2, 0.25) is 0 Å². The van der Waals surface area contributed by atoms with Crippen LogP contribution in [-0.2, 0) is 36.6 Å². The normalized spacial score (nSPS) is 16.1. The number of aromatic nitrogens is 9. The van der Waals surface area contributed by atoms with Gasteiger partial charge in [-0.05, 0) is 64.5 Å². The predicted molar refractivity (Wildman–Crippen MR) is 248 cm³/mol. The molecule has 0 bridgehead atoms. The second-order valence-electron chi connectivity index (χ2n) is 16.2. The Kier molecular flexibility index (Phi) is 23.0. The third-order valence-electron chi connectivity index (χ3n) is 11.4. The molecule has 23 heteroatoms. The van der Waals surface area contributed by atoms with Crippen LogP contribution >= 0.6 is 12.4 Å². The van der Waals surface area contributed by atoms with Crippen LogP contribution in [0.4, 0.5) is 17.8 Å². The molecule has 2 aliphatic heterocycles. The number of ether oxygens (including phenoxy) is 3. The Bertz CT molecular complexity index is 1880. The summed E-state index contributed by atoms with van der Waals surface area (Å²) in [5.41, 5.74) is 12.9. The minimum absolute atomic E-state index is 0. The average molecular weight is 932 g/mol. The highest BCUT2D eigenvalue weighted by atomic mass is 35.5. The predicted octanol–water partition coefficient (Wildman–Crippen LogP) is 0.341. The highest BCUT2D eigenvalue weighted by Gasteiger charge is 2.35. The van der Waals surface area contributed by atoms with Gasteiger partial charge in [-0.3, -0.25) is 9.59 Å². The fourth-order valence-corrected chi connectivity index (χ4v) is 7.56. The lowest BCUT2D eigenvalue weighted by Crippen LogP contribution is -2.53. The van der Waals surface area contributed by atoms with Crippen LogP contribution in [0, 0.1) is 18.3 Å². The minimum atomic E-state index is -0.983. The van der Waals surface area contributed by atoms with Crippen molar-refractivity contribution in [2.75, 3.05) is 127 Å². The van der Waals surface area contributed by atoms with Crippen LogP contribution in [-0.4, -0.2) is 189 Å². The van der Waals surface area contributed by atoms with Crippen LogP contribution in [0.5, 0.6) is 0 Å². The van der Waals surface area contributed by atoms with Gasteiger partial charge in [0.1, 0.15) is 12.6 Å². The highest BCUT2D eigenvalue weighted by Crippen LogP contribution is 2.26. The molecule has 4 atom stereocenters. The molecule has 22 nitrogen and oxygen atoms in total. The molecule has 2 amide bonds. The number of amides is 2. The molecule has 2 saturated heterocycles. The molecule has 3 aromatic heterocycles. The van der Waals surface area contributed by atoms with Gasteiger partial charge < -0.3 is 55.7 Å². The first-order valence-corrected chi connectivity index (χ1v) is 22.8. The number of carbonyl (C=O) groups is 2. The minimum Gasteiger partial charge on any atom is -0.391 e. The zero-order valence-corrected chi connectivity index (χ0v) is 39.2. The Morgan fingerprint density at radius 3 is 1.69 bits per heavy atom. The van der Waals surface area contributed by atoms with E-state index in [-0.39, 0.29) is 36.7 Å². The summed E-state index contributed by atoms with van der Waals surface area (Å²) in [6, 6.07) is -1.37. The number of terminal acetylenes is 1. The molecule has 5 heterocycles. The van der Waals surface area contributed by atoms with Crippen molar-refractivity contribution in [2.24, 2.45) is 17.4 Å². The van der Waals surface area contributed by atoms with Gasteiger partial charge in [0.2, 0.25) is 29.7 Å². The number of hydrogen-bond donors (Lipinski definition) is 4. The lowest BCUT2D eigenvalue weighted by atomic mass is 9.97. The number of piperazine rings is 2. The fraction of sp³-hybridized carbons (Fsp3) is 0.738. The number of carbonyl (C=O) groups excluding carboxylic acids is 2. The number of nitrogens with two attached hydrogens (primary N) is 2. The molecule has 0 unspecified atom stereocenters. The zero-order valence-electron chi connectivity index (χ0n) is 38.4. The Morgan fingerprint density at radius 1 is 0.738 bits per heavy atom. The molecule has 0 radical (unpaired) electrons. The lowest BCUT2D eigenvalue weighted by molar-refractivity contribution is -0.139. The first-order valence-electron chi connectivity index (χ1n) is 22.8. The van der Waals surface area contributed by atoms with E-state index in [0.717, 1.165) is 49.9 Å². The van der Waals surface area contributed by atoms with Gasteiger partial charge in [-0.25, -0.2) is 9.36 Å². The summed E-state index contributed by atoms with van der Waals surface area (Å²) in [5.74, 6) is 3.60. The standard InChI is InChI=1S/C42H70N16O6.ClH/c1-5-24-62-26-28-64-29-27-63-25-15-45-40-46-41(55-20-16-53(17-21-55)38(60)36(32(3)6-2)57-30-34(49-51-57)11-7-9-13-43)48-42(47-40)56-22-18-54(19-23-56)39(61)37(33(4)59)58-31-35(50-52-58)12-8-10-14-44;/h1,30-33,36-37,59H,6-29,43-44H2,2-4H3,(H,45,46,47,48);1H/t32-,33+,36-,37-;/m0./s1. The van der Waals surface area contributed by atoms with Crippen molar-refractivity contribution in [3.8, 4) is 12.3 Å². The third-order valence-corrected chi connectivity index (χ3v) is 11.4. The van der Waals surface area contributed by atoms with E-state index in [0.29, 0.717) is 129 Å². The average Bonchev–Trinajstić information content (AvgIpc) is 3.98. The molecule has 2 aliphatic rings. The van der Waals surface area contributed by atoms with Crippen molar-refractivity contribution < 1.29 is 28.9 Å². The number of aryl methyl sites for hydroxylation is 2. The molecule has 362 valence electrons. The van der Waals surface area contributed by atoms with Gasteiger partial charge in [-0.2, -0.15) is 15.0 Å². The summed E-state index contributed by atoms with van der Waals surface area (Å²) in [5, 5.41) is 31.2. The number of aliphatic hydroxyl groups excluding tert-OH is 1. The number of aliphatic hydroxyl groups is 1. The van der Waals surface area contributed by atoms with Gasteiger partial charge in [-0.1, -0.05) is 36.6 Å². The van der Waals surface area contributed by atoms with Crippen molar-refractivity contribution in [1.82, 2.24) is 54.7 Å². The topological polar surface area (TPSA) is 259 Å². The van der Waals surface area contributed by atoms with E-state index in [1.165, 1.54) is 4.68 Å². The first-order chi connectivity index (χ1) is 31.2. The van der Waals surface area contributed by atoms with Gasteiger partial charge in [0.15, 0.2) is 6.04 Å². The molecule has 0 spiro atoms. The third kappa shape index (κ3) is 16.0. The lowest BCUT2D eigenvalue weighted by Gasteiger charge is -2.38. The molecule has 5 rings (SSSR count). The van der Waals surface area contributed by atoms with E-state index in [2.05, 4.69) is 50.6 Å². The van der Waals surface area contributed by atoms with Gasteiger partial charge in [-0.15, -0.1) is 29.0 Å². The maximum Gasteiger partial charge on any atom is 0.250 e.